The van der Waals surface area contributed by atoms with Crippen LogP contribution in [0.15, 0.2) is 41.5 Å². The molecule has 4 aromatic rings. The fraction of sp³-hybridized carbons (Fsp3) is 0.280. The predicted molar refractivity (Wildman–Crippen MR) is 130 cm³/mol. The number of nitrogens with zero attached hydrogens (tertiary/aromatic N) is 5. The van der Waals surface area contributed by atoms with Crippen LogP contribution in [-0.2, 0) is 12.2 Å². The highest BCUT2D eigenvalue weighted by Crippen LogP contribution is 2.27. The summed E-state index contributed by atoms with van der Waals surface area (Å²) in [5, 5.41) is 14.6. The summed E-state index contributed by atoms with van der Waals surface area (Å²) >= 11 is 6.35. The Labute approximate surface area is 210 Å². The van der Waals surface area contributed by atoms with Crippen molar-refractivity contribution in [1.82, 2.24) is 24.3 Å². The highest BCUT2D eigenvalue weighted by molar-refractivity contribution is 6.31. The second kappa shape index (κ2) is 9.44. The quantitative estimate of drug-likeness (QED) is 0.407. The zero-order chi connectivity index (χ0) is 26.4. The average Bonchev–Trinajstić information content (AvgIpc) is 3.20. The van der Waals surface area contributed by atoms with Gasteiger partial charge in [0, 0.05) is 35.8 Å². The van der Waals surface area contributed by atoms with Crippen LogP contribution < -0.4 is 10.3 Å². The minimum Gasteiger partial charge on any atom is -0.485 e. The van der Waals surface area contributed by atoms with Gasteiger partial charge in [0.15, 0.2) is 11.6 Å². The Morgan fingerprint density at radius 3 is 2.42 bits per heavy atom. The summed E-state index contributed by atoms with van der Waals surface area (Å²) in [6, 6.07) is 5.72. The van der Waals surface area contributed by atoms with Crippen molar-refractivity contribution in [3.63, 3.8) is 0 Å². The molecule has 0 aromatic carbocycles. The molecular formula is C25H24ClF2N5O3. The third-order valence-corrected chi connectivity index (χ3v) is 5.93. The van der Waals surface area contributed by atoms with Crippen LogP contribution in [0.4, 0.5) is 8.78 Å². The third kappa shape index (κ3) is 4.87. The lowest BCUT2D eigenvalue weighted by molar-refractivity contribution is 0.0734. The van der Waals surface area contributed by atoms with Crippen LogP contribution in [-0.4, -0.2) is 29.4 Å². The van der Waals surface area contributed by atoms with Crippen LogP contribution in [0.2, 0.25) is 5.02 Å². The van der Waals surface area contributed by atoms with E-state index in [1.54, 1.807) is 56.8 Å². The summed E-state index contributed by atoms with van der Waals surface area (Å²) in [4.78, 5) is 21.4. The molecule has 0 aliphatic carbocycles. The van der Waals surface area contributed by atoms with E-state index in [9.17, 15) is 18.7 Å². The predicted octanol–water partition coefficient (Wildman–Crippen LogP) is 4.48. The topological polar surface area (TPSA) is 95.1 Å². The average molecular weight is 516 g/mol. The summed E-state index contributed by atoms with van der Waals surface area (Å²) in [5.74, 6) is -1.17. The van der Waals surface area contributed by atoms with Crippen molar-refractivity contribution in [1.29, 1.82) is 0 Å². The van der Waals surface area contributed by atoms with Gasteiger partial charge in [-0.25, -0.2) is 18.4 Å². The molecular weight excluding hydrogens is 492 g/mol. The van der Waals surface area contributed by atoms with E-state index in [4.69, 9.17) is 16.3 Å². The molecule has 4 heterocycles. The fourth-order valence-corrected chi connectivity index (χ4v) is 3.84. The zero-order valence-electron chi connectivity index (χ0n) is 20.3. The molecule has 0 aliphatic heterocycles. The maximum Gasteiger partial charge on any atom is 0.277 e. The van der Waals surface area contributed by atoms with Crippen molar-refractivity contribution < 1.29 is 18.6 Å². The number of hydrogen-bond acceptors (Lipinski definition) is 6. The number of hydrogen-bond donors (Lipinski definition) is 1. The summed E-state index contributed by atoms with van der Waals surface area (Å²) in [6.45, 7) is 8.28. The summed E-state index contributed by atoms with van der Waals surface area (Å²) < 4.78 is 35.6. The van der Waals surface area contributed by atoms with Crippen LogP contribution in [0, 0.1) is 32.4 Å². The first-order chi connectivity index (χ1) is 16.9. The monoisotopic (exact) mass is 515 g/mol. The van der Waals surface area contributed by atoms with E-state index in [1.807, 2.05) is 6.92 Å². The van der Waals surface area contributed by atoms with Crippen molar-refractivity contribution in [2.24, 2.45) is 0 Å². The van der Waals surface area contributed by atoms with Gasteiger partial charge in [0.1, 0.15) is 34.5 Å². The van der Waals surface area contributed by atoms with E-state index in [0.29, 0.717) is 34.5 Å². The highest BCUT2D eigenvalue weighted by Gasteiger charge is 2.22. The van der Waals surface area contributed by atoms with E-state index in [0.717, 1.165) is 11.9 Å². The first-order valence-corrected chi connectivity index (χ1v) is 11.4. The second-order valence-corrected chi connectivity index (χ2v) is 9.32. The normalized spacial score (nSPS) is 11.7. The summed E-state index contributed by atoms with van der Waals surface area (Å²) in [5.41, 5.74) is 1.17. The lowest BCUT2D eigenvalue weighted by atomic mass is 10.1. The Balaban J connectivity index is 1.73. The number of halogens is 3. The molecule has 36 heavy (non-hydrogen) atoms. The van der Waals surface area contributed by atoms with Gasteiger partial charge in [-0.3, -0.25) is 14.3 Å². The molecule has 0 unspecified atom stereocenters. The maximum atomic E-state index is 13.9. The van der Waals surface area contributed by atoms with Crippen molar-refractivity contribution in [3.05, 3.63) is 92.0 Å². The van der Waals surface area contributed by atoms with Gasteiger partial charge in [0.2, 0.25) is 0 Å². The SMILES string of the molecule is Cc1cnc(-n2nc(C(C)(C)O)cc2C)cc1-n1c(C)cc(OCc2ncc(F)cc2F)c(Cl)c1=O. The highest BCUT2D eigenvalue weighted by atomic mass is 35.5. The third-order valence-electron chi connectivity index (χ3n) is 5.58. The maximum absolute atomic E-state index is 13.9. The van der Waals surface area contributed by atoms with Gasteiger partial charge in [-0.2, -0.15) is 5.10 Å². The number of aromatic nitrogens is 5. The molecule has 0 spiro atoms. The van der Waals surface area contributed by atoms with Gasteiger partial charge in [-0.1, -0.05) is 11.6 Å². The first-order valence-electron chi connectivity index (χ1n) is 11.0. The Morgan fingerprint density at radius 2 is 1.78 bits per heavy atom. The number of aryl methyl sites for hydroxylation is 3. The van der Waals surface area contributed by atoms with E-state index in [1.165, 1.54) is 4.57 Å². The van der Waals surface area contributed by atoms with Crippen molar-refractivity contribution in [2.45, 2.75) is 46.8 Å². The van der Waals surface area contributed by atoms with E-state index in [2.05, 4.69) is 15.1 Å². The van der Waals surface area contributed by atoms with Crippen LogP contribution in [0.25, 0.3) is 11.5 Å². The van der Waals surface area contributed by atoms with Gasteiger partial charge in [-0.05, 0) is 46.2 Å². The van der Waals surface area contributed by atoms with E-state index < -0.39 is 22.8 Å². The first kappa shape index (κ1) is 25.5. The molecule has 0 saturated carbocycles. The van der Waals surface area contributed by atoms with Crippen LogP contribution >= 0.6 is 11.6 Å². The minimum atomic E-state index is -1.13. The molecule has 0 bridgehead atoms. The number of rotatable bonds is 6. The smallest absolute Gasteiger partial charge is 0.277 e. The number of ether oxygens (including phenoxy) is 1. The lowest BCUT2D eigenvalue weighted by Crippen LogP contribution is -2.23. The van der Waals surface area contributed by atoms with Crippen molar-refractivity contribution in [2.75, 3.05) is 0 Å². The minimum absolute atomic E-state index is 0.0469. The van der Waals surface area contributed by atoms with Gasteiger partial charge < -0.3 is 9.84 Å². The standard InChI is InChI=1S/C25H24ClF2N5O3/c1-13-10-30-22(33-15(3)7-21(31-33)25(4,5)35)9-19(13)32-14(2)6-20(23(26)24(32)34)36-12-18-17(28)8-16(27)11-29-18/h6-11,35H,12H2,1-5H3. The Kier molecular flexibility index (Phi) is 6.68. The van der Waals surface area contributed by atoms with Crippen molar-refractivity contribution >= 4 is 11.6 Å². The molecule has 0 radical (unpaired) electrons. The molecule has 0 saturated heterocycles. The molecule has 188 valence electrons. The molecule has 1 N–H and O–H groups in total. The molecule has 11 heteroatoms. The van der Waals surface area contributed by atoms with Gasteiger partial charge in [0.05, 0.1) is 17.6 Å². The van der Waals surface area contributed by atoms with Gasteiger partial charge in [-0.15, -0.1) is 0 Å². The molecule has 8 nitrogen and oxygen atoms in total. The zero-order valence-corrected chi connectivity index (χ0v) is 21.1. The summed E-state index contributed by atoms with van der Waals surface area (Å²) in [7, 11) is 0. The van der Waals surface area contributed by atoms with Crippen LogP contribution in [0.3, 0.4) is 0 Å². The number of aliphatic hydroxyl groups is 1. The number of pyridine rings is 3. The molecule has 4 aromatic heterocycles. The Bertz CT molecular complexity index is 1530. The van der Waals surface area contributed by atoms with Gasteiger partial charge >= 0.3 is 0 Å². The van der Waals surface area contributed by atoms with Crippen LogP contribution in [0.5, 0.6) is 5.75 Å². The lowest BCUT2D eigenvalue weighted by Gasteiger charge is -2.17. The fourth-order valence-electron chi connectivity index (χ4n) is 3.65. The second-order valence-electron chi connectivity index (χ2n) is 8.95. The molecule has 0 atom stereocenters. The Morgan fingerprint density at radius 1 is 1.06 bits per heavy atom. The largest absolute Gasteiger partial charge is 0.485 e. The summed E-state index contributed by atoms with van der Waals surface area (Å²) in [6.07, 6.45) is 2.49. The van der Waals surface area contributed by atoms with E-state index in [-0.39, 0.29) is 23.1 Å². The Hall–Kier alpha value is -3.63. The molecule has 0 amide bonds. The van der Waals surface area contributed by atoms with Crippen LogP contribution in [0.1, 0.15) is 42.2 Å². The van der Waals surface area contributed by atoms with E-state index >= 15 is 0 Å². The molecule has 0 aliphatic rings. The van der Waals surface area contributed by atoms with Gasteiger partial charge in [0.25, 0.3) is 5.56 Å². The van der Waals surface area contributed by atoms with Crippen molar-refractivity contribution in [3.8, 4) is 17.3 Å². The molecule has 4 rings (SSSR count). The molecule has 0 fully saturated rings.